The molecule has 0 radical (unpaired) electrons. The Morgan fingerprint density at radius 3 is 2.66 bits per heavy atom. The zero-order valence-electron chi connectivity index (χ0n) is 15.2. The summed E-state index contributed by atoms with van der Waals surface area (Å²) in [5, 5.41) is 11.9. The second kappa shape index (κ2) is 7.07. The van der Waals surface area contributed by atoms with Crippen molar-refractivity contribution in [3.8, 4) is 5.69 Å². The molecule has 2 fully saturated rings. The van der Waals surface area contributed by atoms with Crippen LogP contribution in [0.2, 0.25) is 5.02 Å². The van der Waals surface area contributed by atoms with Crippen molar-refractivity contribution < 1.29 is 9.18 Å². The molecule has 148 valence electrons. The summed E-state index contributed by atoms with van der Waals surface area (Å²) in [7, 11) is 0. The number of carbonyl (C=O) groups excluding carboxylic acids is 1. The number of likely N-dealkylation sites (tertiary alicyclic amines) is 1. The molecule has 1 amide bonds. The van der Waals surface area contributed by atoms with Gasteiger partial charge in [-0.2, -0.15) is 15.0 Å². The van der Waals surface area contributed by atoms with Crippen molar-refractivity contribution in [2.24, 2.45) is 5.92 Å². The van der Waals surface area contributed by atoms with Crippen LogP contribution in [0.15, 0.2) is 43.0 Å². The molecule has 29 heavy (non-hydrogen) atoms. The van der Waals surface area contributed by atoms with Crippen molar-refractivity contribution in [2.45, 2.75) is 24.9 Å². The number of anilines is 1. The number of nitrogens with one attached hydrogen (secondary N) is 1. The summed E-state index contributed by atoms with van der Waals surface area (Å²) >= 11 is 5.85. The molecule has 10 heteroatoms. The third-order valence-electron chi connectivity index (χ3n) is 5.50. The van der Waals surface area contributed by atoms with E-state index in [1.165, 1.54) is 47.8 Å². The second-order valence-corrected chi connectivity index (χ2v) is 7.75. The molecule has 1 aromatic carbocycles. The molecule has 3 heterocycles. The fourth-order valence-corrected chi connectivity index (χ4v) is 4.41. The van der Waals surface area contributed by atoms with Crippen molar-refractivity contribution in [1.29, 1.82) is 0 Å². The van der Waals surface area contributed by atoms with Crippen molar-refractivity contribution in [3.63, 3.8) is 0 Å². The first-order valence-corrected chi connectivity index (χ1v) is 9.67. The Bertz CT molecular complexity index is 1040. The van der Waals surface area contributed by atoms with Crippen LogP contribution in [0.4, 0.5) is 10.3 Å². The quantitative estimate of drug-likeness (QED) is 0.707. The van der Waals surface area contributed by atoms with Crippen LogP contribution < -0.4 is 5.32 Å². The standard InChI is InChI=1S/C19H17ClFN7O/c20-12-8-22-19(23-9-12)26-15-5-11-6-17(15)27(10-11)18(29)14-7-13(21)1-2-16(14)28-24-3-4-25-28/h1-4,7-9,11,15,17H,5-6,10H2,(H,22,23,26). The molecule has 2 bridgehead atoms. The molecule has 8 nitrogen and oxygen atoms in total. The van der Waals surface area contributed by atoms with Gasteiger partial charge in [-0.25, -0.2) is 14.4 Å². The maximum absolute atomic E-state index is 14.0. The van der Waals surface area contributed by atoms with Crippen molar-refractivity contribution in [1.82, 2.24) is 29.9 Å². The third kappa shape index (κ3) is 3.31. The SMILES string of the molecule is O=C(c1cc(F)ccc1-n1nccn1)N1CC2CC(Nc3ncc(Cl)cn3)C1C2. The number of benzene rings is 1. The van der Waals surface area contributed by atoms with Crippen molar-refractivity contribution >= 4 is 23.5 Å². The lowest BCUT2D eigenvalue weighted by atomic mass is 10.0. The topological polar surface area (TPSA) is 88.8 Å². The Labute approximate surface area is 170 Å². The maximum Gasteiger partial charge on any atom is 0.256 e. The number of amides is 1. The maximum atomic E-state index is 14.0. The van der Waals surface area contributed by atoms with Crippen LogP contribution in [0.5, 0.6) is 0 Å². The van der Waals surface area contributed by atoms with Gasteiger partial charge in [-0.05, 0) is 37.0 Å². The summed E-state index contributed by atoms with van der Waals surface area (Å²) in [6.07, 6.45) is 7.91. The first-order chi connectivity index (χ1) is 14.1. The molecule has 1 aliphatic carbocycles. The predicted molar refractivity (Wildman–Crippen MR) is 103 cm³/mol. The summed E-state index contributed by atoms with van der Waals surface area (Å²) < 4.78 is 14.0. The Hall–Kier alpha value is -3.07. The number of rotatable bonds is 4. The summed E-state index contributed by atoms with van der Waals surface area (Å²) in [6.45, 7) is 0.644. The van der Waals surface area contributed by atoms with E-state index < -0.39 is 5.82 Å². The van der Waals surface area contributed by atoms with Crippen molar-refractivity contribution in [3.05, 3.63) is 59.4 Å². The van der Waals surface area contributed by atoms with Crippen LogP contribution in [0.25, 0.3) is 5.69 Å². The van der Waals surface area contributed by atoms with Crippen LogP contribution in [0, 0.1) is 11.7 Å². The highest BCUT2D eigenvalue weighted by molar-refractivity contribution is 6.30. The number of carbonyl (C=O) groups is 1. The number of fused-ring (bicyclic) bond motifs is 2. The summed E-state index contributed by atoms with van der Waals surface area (Å²) in [5.41, 5.74) is 0.699. The Balaban J connectivity index is 1.41. The second-order valence-electron chi connectivity index (χ2n) is 7.32. The van der Waals surface area contributed by atoms with E-state index in [1.807, 2.05) is 4.90 Å². The van der Waals surface area contributed by atoms with Gasteiger partial charge in [0, 0.05) is 12.6 Å². The third-order valence-corrected chi connectivity index (χ3v) is 5.70. The number of hydrogen-bond donors (Lipinski definition) is 1. The summed E-state index contributed by atoms with van der Waals surface area (Å²) in [6, 6.07) is 4.08. The van der Waals surface area contributed by atoms with Gasteiger partial charge in [-0.15, -0.1) is 0 Å². The van der Waals surface area contributed by atoms with Gasteiger partial charge in [-0.1, -0.05) is 11.6 Å². The van der Waals surface area contributed by atoms with Gasteiger partial charge in [0.1, 0.15) is 5.82 Å². The first-order valence-electron chi connectivity index (χ1n) is 9.30. The van der Waals surface area contributed by atoms with Crippen LogP contribution in [-0.2, 0) is 0 Å². The van der Waals surface area contributed by atoms with E-state index in [1.54, 1.807) is 0 Å². The Morgan fingerprint density at radius 1 is 1.17 bits per heavy atom. The lowest BCUT2D eigenvalue weighted by molar-refractivity contribution is 0.0691. The van der Waals surface area contributed by atoms with E-state index in [4.69, 9.17) is 11.6 Å². The molecule has 5 rings (SSSR count). The van der Waals surface area contributed by atoms with Crippen LogP contribution >= 0.6 is 11.6 Å². The average molecular weight is 414 g/mol. The number of nitrogens with zero attached hydrogens (tertiary/aromatic N) is 6. The molecule has 3 atom stereocenters. The van der Waals surface area contributed by atoms with E-state index in [-0.39, 0.29) is 23.6 Å². The van der Waals surface area contributed by atoms with Crippen LogP contribution in [0.1, 0.15) is 23.2 Å². The van der Waals surface area contributed by atoms with Gasteiger partial charge in [0.05, 0.1) is 47.1 Å². The lowest BCUT2D eigenvalue weighted by Gasteiger charge is -2.34. The molecule has 3 unspecified atom stereocenters. The van der Waals surface area contributed by atoms with E-state index in [0.717, 1.165) is 12.8 Å². The smallest absolute Gasteiger partial charge is 0.256 e. The highest BCUT2D eigenvalue weighted by atomic mass is 35.5. The molecule has 1 aliphatic heterocycles. The molecule has 1 N–H and O–H groups in total. The normalized spacial score (nSPS) is 22.8. The largest absolute Gasteiger partial charge is 0.349 e. The van der Waals surface area contributed by atoms with Gasteiger partial charge in [-0.3, -0.25) is 4.79 Å². The molecule has 0 spiro atoms. The lowest BCUT2D eigenvalue weighted by Crippen LogP contribution is -2.48. The first kappa shape index (κ1) is 18.0. The molecular weight excluding hydrogens is 397 g/mol. The van der Waals surface area contributed by atoms with Crippen LogP contribution in [-0.4, -0.2) is 54.4 Å². The molecule has 2 aliphatic rings. The number of hydrogen-bond acceptors (Lipinski definition) is 6. The van der Waals surface area contributed by atoms with Gasteiger partial charge in [0.25, 0.3) is 5.91 Å². The number of aromatic nitrogens is 5. The van der Waals surface area contributed by atoms with Crippen LogP contribution in [0.3, 0.4) is 0 Å². The fourth-order valence-electron chi connectivity index (χ4n) is 4.32. The highest BCUT2D eigenvalue weighted by Crippen LogP contribution is 2.40. The minimum absolute atomic E-state index is 0.0199. The van der Waals surface area contributed by atoms with E-state index in [2.05, 4.69) is 25.5 Å². The van der Waals surface area contributed by atoms with E-state index in [9.17, 15) is 9.18 Å². The van der Waals surface area contributed by atoms with Gasteiger partial charge >= 0.3 is 0 Å². The minimum Gasteiger partial charge on any atom is -0.349 e. The fraction of sp³-hybridized carbons (Fsp3) is 0.316. The van der Waals surface area contributed by atoms with Gasteiger partial charge in [0.2, 0.25) is 5.95 Å². The van der Waals surface area contributed by atoms with Gasteiger partial charge < -0.3 is 10.2 Å². The number of piperidine rings is 1. The molecule has 1 saturated carbocycles. The minimum atomic E-state index is -0.474. The Morgan fingerprint density at radius 2 is 1.93 bits per heavy atom. The van der Waals surface area contributed by atoms with Gasteiger partial charge in [0.15, 0.2) is 0 Å². The zero-order chi connectivity index (χ0) is 20.0. The monoisotopic (exact) mass is 413 g/mol. The summed E-state index contributed by atoms with van der Waals surface area (Å²) in [5.74, 6) is 0.158. The van der Waals surface area contributed by atoms with E-state index >= 15 is 0 Å². The summed E-state index contributed by atoms with van der Waals surface area (Å²) in [4.78, 5) is 24.9. The molecule has 2 aromatic heterocycles. The average Bonchev–Trinajstić information content (AvgIpc) is 3.46. The number of halogens is 2. The zero-order valence-corrected chi connectivity index (χ0v) is 16.0. The highest BCUT2D eigenvalue weighted by Gasteiger charge is 2.47. The molecule has 1 saturated heterocycles. The predicted octanol–water partition coefficient (Wildman–Crippen LogP) is 2.56. The van der Waals surface area contributed by atoms with E-state index in [0.29, 0.717) is 29.1 Å². The Kier molecular flexibility index (Phi) is 4.39. The molecule has 3 aromatic rings. The van der Waals surface area contributed by atoms with Crippen molar-refractivity contribution in [2.75, 3.05) is 11.9 Å². The molecular formula is C19H17ClFN7O.